The van der Waals surface area contributed by atoms with E-state index in [4.69, 9.17) is 4.74 Å². The third-order valence-corrected chi connectivity index (χ3v) is 3.57. The van der Waals surface area contributed by atoms with Gasteiger partial charge in [-0.15, -0.1) is 0 Å². The van der Waals surface area contributed by atoms with Crippen molar-refractivity contribution in [3.05, 3.63) is 42.1 Å². The average Bonchev–Trinajstić information content (AvgIpc) is 2.57. The van der Waals surface area contributed by atoms with E-state index in [2.05, 4.69) is 20.6 Å². The number of nitrogens with zero attached hydrogens (tertiary/aromatic N) is 3. The van der Waals surface area contributed by atoms with Crippen molar-refractivity contribution < 1.29 is 9.53 Å². The van der Waals surface area contributed by atoms with E-state index in [0.717, 1.165) is 11.3 Å². The second-order valence-corrected chi connectivity index (χ2v) is 6.51. The number of carbonyl (C=O) groups excluding carboxylic acids is 1. The fourth-order valence-corrected chi connectivity index (χ4v) is 2.41. The Morgan fingerprint density at radius 3 is 2.50 bits per heavy atom. The monoisotopic (exact) mass is 357 g/mol. The van der Waals surface area contributed by atoms with Crippen molar-refractivity contribution in [1.29, 1.82) is 0 Å². The summed E-state index contributed by atoms with van der Waals surface area (Å²) >= 11 is 0. The van der Waals surface area contributed by atoms with Crippen LogP contribution in [0.15, 0.2) is 36.5 Å². The number of carbonyl (C=O) groups is 1. The van der Waals surface area contributed by atoms with Crippen molar-refractivity contribution in [3.8, 4) is 0 Å². The molecule has 2 N–H and O–H groups in total. The Morgan fingerprint density at radius 1 is 1.19 bits per heavy atom. The van der Waals surface area contributed by atoms with Crippen LogP contribution in [0.3, 0.4) is 0 Å². The zero-order valence-corrected chi connectivity index (χ0v) is 16.0. The van der Waals surface area contributed by atoms with E-state index in [1.807, 2.05) is 52.0 Å². The van der Waals surface area contributed by atoms with Gasteiger partial charge in [-0.2, -0.15) is 4.98 Å². The molecule has 0 aliphatic heterocycles. The van der Waals surface area contributed by atoms with Crippen LogP contribution in [0.2, 0.25) is 0 Å². The molecule has 1 aromatic heterocycles. The number of hydrogen-bond donors (Lipinski definition) is 2. The molecule has 0 aliphatic rings. The lowest BCUT2D eigenvalue weighted by molar-refractivity contribution is 0.190. The second-order valence-electron chi connectivity index (χ2n) is 6.51. The molecule has 0 radical (unpaired) electrons. The van der Waals surface area contributed by atoms with Crippen LogP contribution in [-0.2, 0) is 4.74 Å². The molecule has 0 spiro atoms. The lowest BCUT2D eigenvalue weighted by Gasteiger charge is -2.24. The lowest BCUT2D eigenvalue weighted by Crippen LogP contribution is -2.41. The maximum atomic E-state index is 12.8. The third-order valence-electron chi connectivity index (χ3n) is 3.57. The number of aryl methyl sites for hydroxylation is 1. The van der Waals surface area contributed by atoms with E-state index in [-0.39, 0.29) is 18.1 Å². The SMILES string of the molecule is COC[C@H](C)Nc1nccc(N(C(=O)NC(C)C)c2ccc(C)cc2)n1. The van der Waals surface area contributed by atoms with E-state index in [1.54, 1.807) is 24.3 Å². The number of ether oxygens (including phenoxy) is 1. The first kappa shape index (κ1) is 19.7. The predicted octanol–water partition coefficient (Wildman–Crippen LogP) is 3.49. The highest BCUT2D eigenvalue weighted by molar-refractivity contribution is 5.98. The van der Waals surface area contributed by atoms with Gasteiger partial charge in [0.25, 0.3) is 0 Å². The summed E-state index contributed by atoms with van der Waals surface area (Å²) < 4.78 is 5.12. The number of anilines is 3. The molecule has 2 aromatic rings. The van der Waals surface area contributed by atoms with Crippen LogP contribution in [0.5, 0.6) is 0 Å². The minimum atomic E-state index is -0.238. The van der Waals surface area contributed by atoms with Gasteiger partial charge in [0.2, 0.25) is 5.95 Å². The summed E-state index contributed by atoms with van der Waals surface area (Å²) in [5.41, 5.74) is 1.86. The van der Waals surface area contributed by atoms with Crippen LogP contribution in [0.1, 0.15) is 26.3 Å². The highest BCUT2D eigenvalue weighted by Crippen LogP contribution is 2.25. The number of aromatic nitrogens is 2. The number of amides is 2. The predicted molar refractivity (Wildman–Crippen MR) is 104 cm³/mol. The molecule has 1 heterocycles. The van der Waals surface area contributed by atoms with E-state index < -0.39 is 0 Å². The molecular weight excluding hydrogens is 330 g/mol. The Labute approximate surface area is 154 Å². The van der Waals surface area contributed by atoms with Crippen molar-refractivity contribution in [3.63, 3.8) is 0 Å². The molecule has 0 unspecified atom stereocenters. The molecule has 0 saturated carbocycles. The molecule has 140 valence electrons. The summed E-state index contributed by atoms with van der Waals surface area (Å²) in [6.45, 7) is 8.35. The summed E-state index contributed by atoms with van der Waals surface area (Å²) in [5, 5.41) is 6.09. The summed E-state index contributed by atoms with van der Waals surface area (Å²) in [4.78, 5) is 23.1. The summed E-state index contributed by atoms with van der Waals surface area (Å²) in [6.07, 6.45) is 1.63. The summed E-state index contributed by atoms with van der Waals surface area (Å²) in [5.74, 6) is 0.940. The Bertz CT molecular complexity index is 718. The maximum absolute atomic E-state index is 12.8. The Kier molecular flexibility index (Phi) is 6.91. The van der Waals surface area contributed by atoms with Crippen molar-refractivity contribution in [2.45, 2.75) is 39.8 Å². The van der Waals surface area contributed by atoms with Gasteiger partial charge in [0.05, 0.1) is 12.3 Å². The summed E-state index contributed by atoms with van der Waals surface area (Å²) in [7, 11) is 1.64. The lowest BCUT2D eigenvalue weighted by atomic mass is 10.2. The topological polar surface area (TPSA) is 79.4 Å². The van der Waals surface area contributed by atoms with E-state index in [0.29, 0.717) is 18.4 Å². The highest BCUT2D eigenvalue weighted by atomic mass is 16.5. The zero-order chi connectivity index (χ0) is 19.1. The van der Waals surface area contributed by atoms with Gasteiger partial charge in [-0.1, -0.05) is 17.7 Å². The number of methoxy groups -OCH3 is 1. The van der Waals surface area contributed by atoms with E-state index in [9.17, 15) is 4.79 Å². The number of benzene rings is 1. The first-order valence-electron chi connectivity index (χ1n) is 8.66. The summed E-state index contributed by atoms with van der Waals surface area (Å²) in [6, 6.07) is 9.27. The smallest absolute Gasteiger partial charge is 0.327 e. The van der Waals surface area contributed by atoms with Gasteiger partial charge < -0.3 is 15.4 Å². The molecule has 2 rings (SSSR count). The van der Waals surface area contributed by atoms with Gasteiger partial charge in [0.15, 0.2) is 0 Å². The van der Waals surface area contributed by atoms with Crippen molar-refractivity contribution >= 4 is 23.5 Å². The first-order chi connectivity index (χ1) is 12.4. The largest absolute Gasteiger partial charge is 0.383 e. The molecule has 7 nitrogen and oxygen atoms in total. The van der Waals surface area contributed by atoms with Crippen LogP contribution in [0.4, 0.5) is 22.2 Å². The van der Waals surface area contributed by atoms with Crippen LogP contribution in [-0.4, -0.2) is 41.8 Å². The highest BCUT2D eigenvalue weighted by Gasteiger charge is 2.20. The van der Waals surface area contributed by atoms with Gasteiger partial charge >= 0.3 is 6.03 Å². The molecule has 2 amide bonds. The van der Waals surface area contributed by atoms with Crippen molar-refractivity contribution in [2.24, 2.45) is 0 Å². The van der Waals surface area contributed by atoms with Crippen molar-refractivity contribution in [2.75, 3.05) is 23.9 Å². The van der Waals surface area contributed by atoms with E-state index >= 15 is 0 Å². The Hall–Kier alpha value is -2.67. The normalized spacial score (nSPS) is 11.9. The Morgan fingerprint density at radius 2 is 1.88 bits per heavy atom. The molecular formula is C19H27N5O2. The second kappa shape index (κ2) is 9.15. The molecule has 0 saturated heterocycles. The number of urea groups is 1. The van der Waals surface area contributed by atoms with E-state index in [1.165, 1.54) is 0 Å². The zero-order valence-electron chi connectivity index (χ0n) is 16.0. The van der Waals surface area contributed by atoms with Gasteiger partial charge in [-0.3, -0.25) is 0 Å². The standard InChI is InChI=1S/C19H27N5O2/c1-13(2)21-19(25)24(16-8-6-14(3)7-9-16)17-10-11-20-18(23-17)22-15(4)12-26-5/h6-11,13,15H,12H2,1-5H3,(H,21,25)(H,20,22,23)/t15-/m0/s1. The van der Waals surface area contributed by atoms with Gasteiger partial charge in [-0.05, 0) is 39.8 Å². The van der Waals surface area contributed by atoms with Gasteiger partial charge in [0, 0.05) is 31.5 Å². The molecule has 26 heavy (non-hydrogen) atoms. The van der Waals surface area contributed by atoms with Crippen LogP contribution >= 0.6 is 0 Å². The molecule has 7 heteroatoms. The number of rotatable bonds is 7. The first-order valence-corrected chi connectivity index (χ1v) is 8.66. The maximum Gasteiger partial charge on any atom is 0.327 e. The van der Waals surface area contributed by atoms with Crippen molar-refractivity contribution in [1.82, 2.24) is 15.3 Å². The van der Waals surface area contributed by atoms with Crippen LogP contribution in [0.25, 0.3) is 0 Å². The minimum Gasteiger partial charge on any atom is -0.383 e. The third kappa shape index (κ3) is 5.42. The molecule has 0 fully saturated rings. The quantitative estimate of drug-likeness (QED) is 0.793. The molecule has 1 aromatic carbocycles. The fraction of sp³-hybridized carbons (Fsp3) is 0.421. The van der Waals surface area contributed by atoms with Gasteiger partial charge in [-0.25, -0.2) is 14.7 Å². The van der Waals surface area contributed by atoms with Crippen LogP contribution in [0, 0.1) is 6.92 Å². The average molecular weight is 357 g/mol. The number of hydrogen-bond acceptors (Lipinski definition) is 5. The fourth-order valence-electron chi connectivity index (χ4n) is 2.41. The van der Waals surface area contributed by atoms with Gasteiger partial charge in [0.1, 0.15) is 5.82 Å². The number of nitrogens with one attached hydrogen (secondary N) is 2. The Balaban J connectivity index is 2.35. The van der Waals surface area contributed by atoms with Crippen LogP contribution < -0.4 is 15.5 Å². The minimum absolute atomic E-state index is 0.0107. The molecule has 0 aliphatic carbocycles. The molecule has 0 bridgehead atoms. The molecule has 1 atom stereocenters.